The lowest BCUT2D eigenvalue weighted by molar-refractivity contribution is 0.0955. The molecule has 2 heterocycles. The number of aromatic nitrogens is 3. The summed E-state index contributed by atoms with van der Waals surface area (Å²) in [7, 11) is 0. The van der Waals surface area contributed by atoms with E-state index in [2.05, 4.69) is 37.7 Å². The SMILES string of the molecule is O=C(N/N=C\c1c(O)[nH]c(=S)[nH]c1=O)c1ccncc1. The molecule has 0 aliphatic rings. The number of hydrogen-bond acceptors (Lipinski definition) is 6. The van der Waals surface area contributed by atoms with Crippen molar-refractivity contribution in [1.82, 2.24) is 20.4 Å². The van der Waals surface area contributed by atoms with E-state index in [1.165, 1.54) is 24.5 Å². The average molecular weight is 291 g/mol. The molecule has 0 aliphatic carbocycles. The Morgan fingerprint density at radius 3 is 2.75 bits per heavy atom. The van der Waals surface area contributed by atoms with Crippen molar-refractivity contribution in [1.29, 1.82) is 0 Å². The van der Waals surface area contributed by atoms with Crippen LogP contribution in [-0.4, -0.2) is 32.2 Å². The van der Waals surface area contributed by atoms with Crippen LogP contribution in [-0.2, 0) is 0 Å². The summed E-state index contributed by atoms with van der Waals surface area (Å²) < 4.78 is -0.00882. The zero-order valence-corrected chi connectivity index (χ0v) is 10.8. The number of carbonyl (C=O) groups excluding carboxylic acids is 1. The summed E-state index contributed by atoms with van der Waals surface area (Å²) in [6.45, 7) is 0. The minimum atomic E-state index is -0.617. The lowest BCUT2D eigenvalue weighted by Crippen LogP contribution is -2.19. The van der Waals surface area contributed by atoms with E-state index in [9.17, 15) is 14.7 Å². The average Bonchev–Trinajstić information content (AvgIpc) is 2.42. The van der Waals surface area contributed by atoms with Gasteiger partial charge < -0.3 is 10.1 Å². The van der Waals surface area contributed by atoms with Crippen molar-refractivity contribution in [3.05, 3.63) is 50.8 Å². The van der Waals surface area contributed by atoms with E-state index in [0.29, 0.717) is 5.56 Å². The second-order valence-electron chi connectivity index (χ2n) is 3.61. The molecule has 1 amide bonds. The Morgan fingerprint density at radius 1 is 1.40 bits per heavy atom. The van der Waals surface area contributed by atoms with E-state index in [0.717, 1.165) is 6.21 Å². The molecule has 4 N–H and O–H groups in total. The first-order chi connectivity index (χ1) is 9.58. The van der Waals surface area contributed by atoms with Crippen LogP contribution in [0.4, 0.5) is 0 Å². The predicted octanol–water partition coefficient (Wildman–Crippen LogP) is 0.297. The van der Waals surface area contributed by atoms with Crippen molar-refractivity contribution in [2.24, 2.45) is 5.10 Å². The minimum absolute atomic E-state index is 0.00882. The Morgan fingerprint density at radius 2 is 2.10 bits per heavy atom. The fourth-order valence-corrected chi connectivity index (χ4v) is 1.52. The lowest BCUT2D eigenvalue weighted by atomic mass is 10.3. The van der Waals surface area contributed by atoms with Crippen LogP contribution in [0.15, 0.2) is 34.4 Å². The summed E-state index contributed by atoms with van der Waals surface area (Å²) in [6, 6.07) is 3.02. The predicted molar refractivity (Wildman–Crippen MR) is 73.2 cm³/mol. The van der Waals surface area contributed by atoms with Gasteiger partial charge in [-0.3, -0.25) is 19.6 Å². The van der Waals surface area contributed by atoms with Crippen LogP contribution < -0.4 is 11.0 Å². The van der Waals surface area contributed by atoms with Gasteiger partial charge in [-0.15, -0.1) is 0 Å². The van der Waals surface area contributed by atoms with Gasteiger partial charge in [0.25, 0.3) is 11.5 Å². The molecule has 2 aromatic rings. The molecule has 0 fully saturated rings. The van der Waals surface area contributed by atoms with E-state index >= 15 is 0 Å². The summed E-state index contributed by atoms with van der Waals surface area (Å²) in [5.74, 6) is -0.899. The number of nitrogens with zero attached hydrogens (tertiary/aromatic N) is 2. The van der Waals surface area contributed by atoms with E-state index in [4.69, 9.17) is 0 Å². The number of pyridine rings is 1. The van der Waals surface area contributed by atoms with Crippen molar-refractivity contribution >= 4 is 24.3 Å². The van der Waals surface area contributed by atoms with Gasteiger partial charge in [0.2, 0.25) is 5.88 Å². The summed E-state index contributed by atoms with van der Waals surface area (Å²) in [5, 5.41) is 13.1. The number of nitrogens with one attached hydrogen (secondary N) is 3. The molecule has 0 atom stereocenters. The third-order valence-electron chi connectivity index (χ3n) is 2.26. The molecule has 0 spiro atoms. The topological polar surface area (TPSA) is 123 Å². The van der Waals surface area contributed by atoms with Gasteiger partial charge in [0.15, 0.2) is 4.77 Å². The van der Waals surface area contributed by atoms with Gasteiger partial charge in [-0.2, -0.15) is 5.10 Å². The van der Waals surface area contributed by atoms with Crippen molar-refractivity contribution in [2.45, 2.75) is 0 Å². The van der Waals surface area contributed by atoms with Crippen LogP contribution in [0, 0.1) is 4.77 Å². The molecular formula is C11H9N5O3S. The maximum Gasteiger partial charge on any atom is 0.271 e. The third-order valence-corrected chi connectivity index (χ3v) is 2.47. The molecule has 0 saturated carbocycles. The van der Waals surface area contributed by atoms with Gasteiger partial charge in [-0.1, -0.05) is 0 Å². The van der Waals surface area contributed by atoms with Crippen LogP contribution in [0.1, 0.15) is 15.9 Å². The molecule has 0 saturated heterocycles. The standard InChI is InChI=1S/C11H9N5O3S/c17-8(6-1-3-12-4-2-6)16-13-5-7-9(18)14-11(20)15-10(7)19/h1-5H,(H,16,17)(H3,14,15,18,19,20)/b13-5-. The first-order valence-electron chi connectivity index (χ1n) is 5.37. The highest BCUT2D eigenvalue weighted by Crippen LogP contribution is 2.03. The van der Waals surface area contributed by atoms with Crippen molar-refractivity contribution in [3.8, 4) is 5.88 Å². The molecule has 2 aromatic heterocycles. The number of aromatic hydroxyl groups is 1. The minimum Gasteiger partial charge on any atom is -0.494 e. The smallest absolute Gasteiger partial charge is 0.271 e. The number of H-pyrrole nitrogens is 2. The molecule has 0 aliphatic heterocycles. The fraction of sp³-hybridized carbons (Fsp3) is 0. The van der Waals surface area contributed by atoms with Gasteiger partial charge >= 0.3 is 0 Å². The Labute approximate surface area is 117 Å². The van der Waals surface area contributed by atoms with Crippen LogP contribution in [0.5, 0.6) is 5.88 Å². The Hall–Kier alpha value is -2.81. The van der Waals surface area contributed by atoms with Crippen LogP contribution >= 0.6 is 12.2 Å². The first-order valence-corrected chi connectivity index (χ1v) is 5.78. The normalized spacial score (nSPS) is 10.6. The molecule has 0 unspecified atom stereocenters. The van der Waals surface area contributed by atoms with Gasteiger partial charge in [0.1, 0.15) is 5.56 Å². The summed E-state index contributed by atoms with van der Waals surface area (Å²) in [5.41, 5.74) is 1.82. The monoisotopic (exact) mass is 291 g/mol. The zero-order chi connectivity index (χ0) is 14.5. The van der Waals surface area contributed by atoms with Gasteiger partial charge in [-0.05, 0) is 24.4 Å². The largest absolute Gasteiger partial charge is 0.494 e. The number of hydrogen-bond donors (Lipinski definition) is 4. The molecule has 0 aromatic carbocycles. The third kappa shape index (κ3) is 3.14. The fourth-order valence-electron chi connectivity index (χ4n) is 1.33. The summed E-state index contributed by atoms with van der Waals surface area (Å²) >= 11 is 4.67. The number of rotatable bonds is 3. The van der Waals surface area contributed by atoms with E-state index in [1.807, 2.05) is 0 Å². The maximum atomic E-state index is 11.6. The number of carbonyl (C=O) groups is 1. The Balaban J connectivity index is 2.14. The number of amides is 1. The highest BCUT2D eigenvalue weighted by Gasteiger charge is 2.05. The Bertz CT molecular complexity index is 766. The highest BCUT2D eigenvalue weighted by molar-refractivity contribution is 7.71. The van der Waals surface area contributed by atoms with Crippen LogP contribution in [0.3, 0.4) is 0 Å². The Kier molecular flexibility index (Phi) is 4.01. The van der Waals surface area contributed by atoms with E-state index < -0.39 is 17.3 Å². The van der Waals surface area contributed by atoms with Crippen molar-refractivity contribution in [3.63, 3.8) is 0 Å². The molecule has 2 rings (SSSR count). The zero-order valence-electron chi connectivity index (χ0n) is 9.95. The van der Waals surface area contributed by atoms with Crippen LogP contribution in [0.25, 0.3) is 0 Å². The summed E-state index contributed by atoms with van der Waals surface area (Å²) in [6.07, 6.45) is 3.94. The number of aromatic amines is 2. The van der Waals surface area contributed by atoms with Gasteiger partial charge in [0.05, 0.1) is 6.21 Å². The van der Waals surface area contributed by atoms with E-state index in [1.54, 1.807) is 0 Å². The molecule has 0 bridgehead atoms. The molecule has 8 nitrogen and oxygen atoms in total. The quantitative estimate of drug-likeness (QED) is 0.368. The van der Waals surface area contributed by atoms with Gasteiger partial charge in [0, 0.05) is 18.0 Å². The second kappa shape index (κ2) is 5.89. The maximum absolute atomic E-state index is 11.6. The molecule has 0 radical (unpaired) electrons. The lowest BCUT2D eigenvalue weighted by Gasteiger charge is -1.99. The van der Waals surface area contributed by atoms with Crippen molar-refractivity contribution in [2.75, 3.05) is 0 Å². The summed E-state index contributed by atoms with van der Waals surface area (Å²) in [4.78, 5) is 31.5. The number of hydrazone groups is 1. The molecular weight excluding hydrogens is 282 g/mol. The first kappa shape index (κ1) is 13.6. The van der Waals surface area contributed by atoms with Crippen LogP contribution in [0.2, 0.25) is 0 Å². The highest BCUT2D eigenvalue weighted by atomic mass is 32.1. The second-order valence-corrected chi connectivity index (χ2v) is 4.01. The van der Waals surface area contributed by atoms with Gasteiger partial charge in [-0.25, -0.2) is 5.43 Å². The molecule has 20 heavy (non-hydrogen) atoms. The molecule has 9 heteroatoms. The van der Waals surface area contributed by atoms with E-state index in [-0.39, 0.29) is 10.3 Å². The van der Waals surface area contributed by atoms with Crippen molar-refractivity contribution < 1.29 is 9.90 Å². The molecule has 102 valence electrons.